The van der Waals surface area contributed by atoms with Gasteiger partial charge in [0, 0.05) is 29.0 Å². The van der Waals surface area contributed by atoms with Crippen LogP contribution in [0.4, 0.5) is 5.69 Å². The van der Waals surface area contributed by atoms with E-state index in [1.165, 1.54) is 18.3 Å². The van der Waals surface area contributed by atoms with Crippen molar-refractivity contribution in [1.82, 2.24) is 5.32 Å². The predicted molar refractivity (Wildman–Crippen MR) is 97.8 cm³/mol. The molecule has 2 amide bonds. The third kappa shape index (κ3) is 4.65. The van der Waals surface area contributed by atoms with E-state index in [0.717, 1.165) is 20.6 Å². The Balaban J connectivity index is 2.16. The van der Waals surface area contributed by atoms with Gasteiger partial charge in [0.25, 0.3) is 0 Å². The van der Waals surface area contributed by atoms with Crippen molar-refractivity contribution in [1.29, 1.82) is 0 Å². The predicted octanol–water partition coefficient (Wildman–Crippen LogP) is 4.05. The maximum absolute atomic E-state index is 12.6. The van der Waals surface area contributed by atoms with Gasteiger partial charge < -0.3 is 10.2 Å². The second-order valence-corrected chi connectivity index (χ2v) is 7.25. The van der Waals surface area contributed by atoms with Crippen LogP contribution in [0.25, 0.3) is 0 Å². The number of hydrogen-bond donors (Lipinski definition) is 1. The van der Waals surface area contributed by atoms with E-state index in [4.69, 9.17) is 0 Å². The number of anilines is 1. The van der Waals surface area contributed by atoms with Crippen LogP contribution in [0.5, 0.6) is 0 Å². The lowest BCUT2D eigenvalue weighted by Crippen LogP contribution is -2.33. The molecule has 1 heterocycles. The standard InChI is InChI=1S/C17H19BrN2O2S/c1-11-9-13(18)6-7-15(11)20(3)17(22)10-14(19-12(2)21)16-5-4-8-23-16/h4-9,14H,10H2,1-3H3,(H,19,21). The molecule has 4 nitrogen and oxygen atoms in total. The number of hydrogen-bond acceptors (Lipinski definition) is 3. The Bertz CT molecular complexity index is 701. The molecule has 0 aliphatic rings. The van der Waals surface area contributed by atoms with E-state index in [0.29, 0.717) is 0 Å². The third-order valence-electron chi connectivity index (χ3n) is 3.54. The molecular weight excluding hydrogens is 376 g/mol. The number of amides is 2. The van der Waals surface area contributed by atoms with Crippen molar-refractivity contribution in [3.05, 3.63) is 50.6 Å². The molecule has 0 saturated carbocycles. The molecule has 1 atom stereocenters. The zero-order valence-corrected chi connectivity index (χ0v) is 15.7. The summed E-state index contributed by atoms with van der Waals surface area (Å²) in [5.74, 6) is -0.179. The number of benzene rings is 1. The lowest BCUT2D eigenvalue weighted by atomic mass is 10.1. The summed E-state index contributed by atoms with van der Waals surface area (Å²) in [5, 5.41) is 4.80. The molecule has 0 fully saturated rings. The van der Waals surface area contributed by atoms with Gasteiger partial charge in [-0.05, 0) is 42.1 Å². The minimum Gasteiger partial charge on any atom is -0.348 e. The lowest BCUT2D eigenvalue weighted by molar-refractivity contribution is -0.121. The van der Waals surface area contributed by atoms with Crippen LogP contribution in [0.1, 0.15) is 29.8 Å². The van der Waals surface area contributed by atoms with E-state index in [9.17, 15) is 9.59 Å². The number of rotatable bonds is 5. The number of thiophene rings is 1. The molecule has 0 saturated heterocycles. The Labute approximate surface area is 148 Å². The summed E-state index contributed by atoms with van der Waals surface area (Å²) in [6, 6.07) is 9.36. The molecule has 6 heteroatoms. The Hall–Kier alpha value is -1.66. The molecule has 1 aromatic heterocycles. The zero-order valence-electron chi connectivity index (χ0n) is 13.3. The number of carbonyl (C=O) groups is 2. The minimum atomic E-state index is -0.293. The Morgan fingerprint density at radius 3 is 2.65 bits per heavy atom. The lowest BCUT2D eigenvalue weighted by Gasteiger charge is -2.23. The molecule has 1 aromatic carbocycles. The maximum Gasteiger partial charge on any atom is 0.229 e. The summed E-state index contributed by atoms with van der Waals surface area (Å²) >= 11 is 4.96. The number of nitrogens with one attached hydrogen (secondary N) is 1. The fourth-order valence-corrected chi connectivity index (χ4v) is 3.65. The van der Waals surface area contributed by atoms with Crippen LogP contribution in [-0.4, -0.2) is 18.9 Å². The Morgan fingerprint density at radius 1 is 1.35 bits per heavy atom. The van der Waals surface area contributed by atoms with Crippen LogP contribution in [0.2, 0.25) is 0 Å². The molecule has 0 spiro atoms. The number of carbonyl (C=O) groups excluding carboxylic acids is 2. The van der Waals surface area contributed by atoms with Crippen LogP contribution >= 0.6 is 27.3 Å². The summed E-state index contributed by atoms with van der Waals surface area (Å²) in [5.41, 5.74) is 1.88. The third-order valence-corrected chi connectivity index (χ3v) is 5.02. The van der Waals surface area contributed by atoms with Crippen molar-refractivity contribution < 1.29 is 9.59 Å². The van der Waals surface area contributed by atoms with Gasteiger partial charge in [-0.25, -0.2) is 0 Å². The Kier molecular flexibility index (Phi) is 5.96. The quantitative estimate of drug-likeness (QED) is 0.831. The molecule has 2 aromatic rings. The van der Waals surface area contributed by atoms with E-state index < -0.39 is 0 Å². The van der Waals surface area contributed by atoms with Crippen LogP contribution < -0.4 is 10.2 Å². The highest BCUT2D eigenvalue weighted by Crippen LogP contribution is 2.26. The van der Waals surface area contributed by atoms with E-state index in [1.54, 1.807) is 11.9 Å². The summed E-state index contributed by atoms with van der Waals surface area (Å²) in [6.07, 6.45) is 0.228. The average Bonchev–Trinajstić information content (AvgIpc) is 2.99. The summed E-state index contributed by atoms with van der Waals surface area (Å²) in [4.78, 5) is 26.7. The second kappa shape index (κ2) is 7.75. The van der Waals surface area contributed by atoms with Gasteiger partial charge in [-0.2, -0.15) is 0 Å². The molecule has 0 aliphatic heterocycles. The fourth-order valence-electron chi connectivity index (χ4n) is 2.40. The molecule has 1 unspecified atom stereocenters. The van der Waals surface area contributed by atoms with Crippen molar-refractivity contribution in [2.75, 3.05) is 11.9 Å². The van der Waals surface area contributed by atoms with Crippen molar-refractivity contribution >= 4 is 44.8 Å². The van der Waals surface area contributed by atoms with Crippen molar-refractivity contribution in [2.45, 2.75) is 26.3 Å². The van der Waals surface area contributed by atoms with Gasteiger partial charge in [-0.15, -0.1) is 11.3 Å². The van der Waals surface area contributed by atoms with Gasteiger partial charge in [0.05, 0.1) is 12.5 Å². The molecule has 122 valence electrons. The average molecular weight is 395 g/mol. The van der Waals surface area contributed by atoms with Crippen LogP contribution in [-0.2, 0) is 9.59 Å². The summed E-state index contributed by atoms with van der Waals surface area (Å²) in [7, 11) is 1.76. The molecule has 2 rings (SSSR count). The van der Waals surface area contributed by atoms with E-state index in [-0.39, 0.29) is 24.3 Å². The molecule has 0 radical (unpaired) electrons. The topological polar surface area (TPSA) is 49.4 Å². The van der Waals surface area contributed by atoms with Gasteiger partial charge in [0.1, 0.15) is 0 Å². The number of halogens is 1. The SMILES string of the molecule is CC(=O)NC(CC(=O)N(C)c1ccc(Br)cc1C)c1cccs1. The van der Waals surface area contributed by atoms with Gasteiger partial charge in [-0.3, -0.25) is 9.59 Å². The van der Waals surface area contributed by atoms with Crippen LogP contribution in [0.3, 0.4) is 0 Å². The molecule has 1 N–H and O–H groups in total. The van der Waals surface area contributed by atoms with Crippen LogP contribution in [0.15, 0.2) is 40.2 Å². The van der Waals surface area contributed by atoms with Gasteiger partial charge in [0.2, 0.25) is 11.8 Å². The fraction of sp³-hybridized carbons (Fsp3) is 0.294. The second-order valence-electron chi connectivity index (χ2n) is 5.36. The van der Waals surface area contributed by atoms with Gasteiger partial charge >= 0.3 is 0 Å². The summed E-state index contributed by atoms with van der Waals surface area (Å²) < 4.78 is 0.981. The highest BCUT2D eigenvalue weighted by Gasteiger charge is 2.21. The van der Waals surface area contributed by atoms with Crippen molar-refractivity contribution in [3.63, 3.8) is 0 Å². The number of aryl methyl sites for hydroxylation is 1. The van der Waals surface area contributed by atoms with Crippen molar-refractivity contribution in [3.8, 4) is 0 Å². The smallest absolute Gasteiger partial charge is 0.229 e. The van der Waals surface area contributed by atoms with Gasteiger partial charge in [0.15, 0.2) is 0 Å². The van der Waals surface area contributed by atoms with Crippen molar-refractivity contribution in [2.24, 2.45) is 0 Å². The zero-order chi connectivity index (χ0) is 17.0. The normalized spacial score (nSPS) is 11.8. The molecule has 0 bridgehead atoms. The van der Waals surface area contributed by atoms with E-state index in [1.807, 2.05) is 42.6 Å². The molecule has 0 aliphatic carbocycles. The minimum absolute atomic E-state index is 0.0393. The van der Waals surface area contributed by atoms with Crippen LogP contribution in [0, 0.1) is 6.92 Å². The number of nitrogens with zero attached hydrogens (tertiary/aromatic N) is 1. The van der Waals surface area contributed by atoms with E-state index in [2.05, 4.69) is 21.2 Å². The van der Waals surface area contributed by atoms with E-state index >= 15 is 0 Å². The van der Waals surface area contributed by atoms with Gasteiger partial charge in [-0.1, -0.05) is 22.0 Å². The maximum atomic E-state index is 12.6. The molecular formula is C17H19BrN2O2S. The first-order valence-corrected chi connectivity index (χ1v) is 8.89. The monoisotopic (exact) mass is 394 g/mol. The Morgan fingerprint density at radius 2 is 2.09 bits per heavy atom. The largest absolute Gasteiger partial charge is 0.348 e. The summed E-state index contributed by atoms with van der Waals surface area (Å²) in [6.45, 7) is 3.43. The molecule has 23 heavy (non-hydrogen) atoms. The highest BCUT2D eigenvalue weighted by atomic mass is 79.9. The highest BCUT2D eigenvalue weighted by molar-refractivity contribution is 9.10. The first kappa shape index (κ1) is 17.7. The first-order valence-electron chi connectivity index (χ1n) is 7.21. The first-order chi connectivity index (χ1) is 10.9.